The molecule has 0 aliphatic heterocycles. The van der Waals surface area contributed by atoms with Crippen molar-refractivity contribution in [3.8, 4) is 0 Å². The predicted octanol–water partition coefficient (Wildman–Crippen LogP) is 2.86. The number of pyridine rings is 1. The van der Waals surface area contributed by atoms with E-state index in [-0.39, 0.29) is 11.9 Å². The molecule has 17 heavy (non-hydrogen) atoms. The summed E-state index contributed by atoms with van der Waals surface area (Å²) in [6.07, 6.45) is 7.20. The first-order valence-corrected chi connectivity index (χ1v) is 7.74. The van der Waals surface area contributed by atoms with E-state index in [2.05, 4.69) is 32.5 Å². The van der Waals surface area contributed by atoms with Crippen molar-refractivity contribution < 1.29 is 4.79 Å². The number of rotatable bonds is 3. The Morgan fingerprint density at radius 1 is 1.59 bits per heavy atom. The van der Waals surface area contributed by atoms with Crippen LogP contribution in [0.3, 0.4) is 0 Å². The molecular formula is C12H15BrN2OS. The molecule has 92 valence electrons. The van der Waals surface area contributed by atoms with Crippen LogP contribution in [-0.4, -0.2) is 28.4 Å². The molecule has 1 amide bonds. The summed E-state index contributed by atoms with van der Waals surface area (Å²) in [6, 6.07) is 3.93. The number of aromatic nitrogens is 1. The fraction of sp³-hybridized carbons (Fsp3) is 0.500. The van der Waals surface area contributed by atoms with Crippen LogP contribution in [0.25, 0.3) is 0 Å². The Labute approximate surface area is 114 Å². The molecule has 2 rings (SSSR count). The lowest BCUT2D eigenvalue weighted by Gasteiger charge is -2.19. The highest BCUT2D eigenvalue weighted by Crippen LogP contribution is 2.28. The minimum absolute atomic E-state index is 0.0802. The van der Waals surface area contributed by atoms with Gasteiger partial charge in [-0.15, -0.1) is 0 Å². The molecule has 0 radical (unpaired) electrons. The number of nitrogens with one attached hydrogen (secondary N) is 1. The second kappa shape index (κ2) is 5.87. The lowest BCUT2D eigenvalue weighted by molar-refractivity contribution is 0.0933. The standard InChI is InChI=1S/C12H15BrN2OS/c1-17-10-6-2-5-9(10)15-12(16)11-8(13)4-3-7-14-11/h3-4,7,9-10H,2,5-6H2,1H3,(H,15,16). The Balaban J connectivity index is 2.04. The highest BCUT2D eigenvalue weighted by Gasteiger charge is 2.28. The average Bonchev–Trinajstić information content (AvgIpc) is 2.76. The van der Waals surface area contributed by atoms with Gasteiger partial charge >= 0.3 is 0 Å². The Kier molecular flexibility index (Phi) is 4.45. The van der Waals surface area contributed by atoms with E-state index >= 15 is 0 Å². The van der Waals surface area contributed by atoms with Gasteiger partial charge in [0.25, 0.3) is 5.91 Å². The third-order valence-corrected chi connectivity index (χ3v) is 4.85. The first kappa shape index (κ1) is 12.9. The van der Waals surface area contributed by atoms with Gasteiger partial charge in [0.05, 0.1) is 0 Å². The number of nitrogens with zero attached hydrogens (tertiary/aromatic N) is 1. The number of thioether (sulfide) groups is 1. The summed E-state index contributed by atoms with van der Waals surface area (Å²) in [4.78, 5) is 16.2. The van der Waals surface area contributed by atoms with Gasteiger partial charge in [-0.1, -0.05) is 6.42 Å². The van der Waals surface area contributed by atoms with Gasteiger partial charge in [-0.05, 0) is 47.2 Å². The van der Waals surface area contributed by atoms with Crippen molar-refractivity contribution in [3.63, 3.8) is 0 Å². The second-order valence-corrected chi connectivity index (χ2v) is 6.05. The smallest absolute Gasteiger partial charge is 0.271 e. The number of hydrogen-bond acceptors (Lipinski definition) is 3. The van der Waals surface area contributed by atoms with E-state index in [0.29, 0.717) is 10.9 Å². The maximum absolute atomic E-state index is 12.1. The van der Waals surface area contributed by atoms with E-state index < -0.39 is 0 Å². The van der Waals surface area contributed by atoms with Gasteiger partial charge in [0.1, 0.15) is 5.69 Å². The quantitative estimate of drug-likeness (QED) is 0.932. The topological polar surface area (TPSA) is 42.0 Å². The van der Waals surface area contributed by atoms with E-state index in [1.54, 1.807) is 12.3 Å². The van der Waals surface area contributed by atoms with Crippen LogP contribution in [0.2, 0.25) is 0 Å². The summed E-state index contributed by atoms with van der Waals surface area (Å²) >= 11 is 5.18. The van der Waals surface area contributed by atoms with Crippen molar-refractivity contribution in [2.24, 2.45) is 0 Å². The molecular weight excluding hydrogens is 300 g/mol. The molecule has 0 spiro atoms. The second-order valence-electron chi connectivity index (χ2n) is 4.12. The van der Waals surface area contributed by atoms with Crippen molar-refractivity contribution in [2.45, 2.75) is 30.6 Å². The molecule has 1 aliphatic rings. The number of carbonyl (C=O) groups excluding carboxylic acids is 1. The molecule has 1 aromatic rings. The van der Waals surface area contributed by atoms with Crippen LogP contribution in [0.5, 0.6) is 0 Å². The van der Waals surface area contributed by atoms with Gasteiger partial charge in [0.15, 0.2) is 0 Å². The van der Waals surface area contributed by atoms with Gasteiger partial charge in [-0.2, -0.15) is 11.8 Å². The van der Waals surface area contributed by atoms with Crippen LogP contribution < -0.4 is 5.32 Å². The lowest BCUT2D eigenvalue weighted by Crippen LogP contribution is -2.39. The molecule has 2 unspecified atom stereocenters. The molecule has 5 heteroatoms. The fourth-order valence-corrected chi connectivity index (χ4v) is 3.53. The predicted molar refractivity (Wildman–Crippen MR) is 74.3 cm³/mol. The van der Waals surface area contributed by atoms with Crippen LogP contribution in [0.4, 0.5) is 0 Å². The lowest BCUT2D eigenvalue weighted by atomic mass is 10.2. The van der Waals surface area contributed by atoms with E-state index in [0.717, 1.165) is 10.9 Å². The van der Waals surface area contributed by atoms with Gasteiger partial charge in [-0.3, -0.25) is 4.79 Å². The Morgan fingerprint density at radius 3 is 3.12 bits per heavy atom. The summed E-state index contributed by atoms with van der Waals surface area (Å²) < 4.78 is 0.746. The number of hydrogen-bond donors (Lipinski definition) is 1. The molecule has 1 aromatic heterocycles. The zero-order valence-electron chi connectivity index (χ0n) is 9.65. The van der Waals surface area contributed by atoms with E-state index in [9.17, 15) is 4.79 Å². The SMILES string of the molecule is CSC1CCCC1NC(=O)c1ncccc1Br. The molecule has 2 atom stereocenters. The third-order valence-electron chi connectivity index (χ3n) is 3.05. The van der Waals surface area contributed by atoms with Crippen molar-refractivity contribution in [1.82, 2.24) is 10.3 Å². The molecule has 0 aromatic carbocycles. The van der Waals surface area contributed by atoms with Gasteiger partial charge in [-0.25, -0.2) is 4.98 Å². The molecule has 1 saturated carbocycles. The van der Waals surface area contributed by atoms with Gasteiger partial charge in [0.2, 0.25) is 0 Å². The van der Waals surface area contributed by atoms with Crippen molar-refractivity contribution in [1.29, 1.82) is 0 Å². The first-order chi connectivity index (χ1) is 8.22. The molecule has 1 heterocycles. The van der Waals surface area contributed by atoms with Crippen LogP contribution in [0.15, 0.2) is 22.8 Å². The molecule has 0 bridgehead atoms. The number of carbonyl (C=O) groups is 1. The van der Waals surface area contributed by atoms with Crippen LogP contribution >= 0.6 is 27.7 Å². The van der Waals surface area contributed by atoms with Crippen molar-refractivity contribution in [2.75, 3.05) is 6.26 Å². The molecule has 1 aliphatic carbocycles. The summed E-state index contributed by atoms with van der Waals surface area (Å²) in [6.45, 7) is 0. The van der Waals surface area contributed by atoms with Crippen LogP contribution in [0.1, 0.15) is 29.8 Å². The van der Waals surface area contributed by atoms with Gasteiger partial charge in [0, 0.05) is 22.0 Å². The average molecular weight is 315 g/mol. The summed E-state index contributed by atoms with van der Waals surface area (Å²) in [5.41, 5.74) is 0.472. The van der Waals surface area contributed by atoms with Crippen LogP contribution in [0, 0.1) is 0 Å². The molecule has 1 N–H and O–H groups in total. The highest BCUT2D eigenvalue weighted by molar-refractivity contribution is 9.10. The maximum Gasteiger partial charge on any atom is 0.271 e. The molecule has 0 saturated heterocycles. The van der Waals surface area contributed by atoms with Crippen molar-refractivity contribution >= 4 is 33.6 Å². The highest BCUT2D eigenvalue weighted by atomic mass is 79.9. The molecule has 1 fully saturated rings. The zero-order chi connectivity index (χ0) is 12.3. The fourth-order valence-electron chi connectivity index (χ4n) is 2.16. The van der Waals surface area contributed by atoms with Crippen molar-refractivity contribution in [3.05, 3.63) is 28.5 Å². The molecule has 3 nitrogen and oxygen atoms in total. The number of amides is 1. The van der Waals surface area contributed by atoms with E-state index in [1.807, 2.05) is 17.8 Å². The Hall–Kier alpha value is -0.550. The van der Waals surface area contributed by atoms with E-state index in [4.69, 9.17) is 0 Å². The summed E-state index contributed by atoms with van der Waals surface area (Å²) in [7, 11) is 0. The normalized spacial score (nSPS) is 23.6. The van der Waals surface area contributed by atoms with Gasteiger partial charge < -0.3 is 5.32 Å². The maximum atomic E-state index is 12.1. The number of halogens is 1. The van der Waals surface area contributed by atoms with Crippen LogP contribution in [-0.2, 0) is 0 Å². The minimum atomic E-state index is -0.0802. The first-order valence-electron chi connectivity index (χ1n) is 5.66. The largest absolute Gasteiger partial charge is 0.347 e. The zero-order valence-corrected chi connectivity index (χ0v) is 12.1. The van der Waals surface area contributed by atoms with E-state index in [1.165, 1.54) is 12.8 Å². The third kappa shape index (κ3) is 3.01. The summed E-state index contributed by atoms with van der Waals surface area (Å²) in [5.74, 6) is -0.0802. The Morgan fingerprint density at radius 2 is 2.41 bits per heavy atom. The monoisotopic (exact) mass is 314 g/mol. The summed E-state index contributed by atoms with van der Waals surface area (Å²) in [5, 5.41) is 3.63. The Bertz CT molecular complexity index is 413. The minimum Gasteiger partial charge on any atom is -0.347 e.